The second kappa shape index (κ2) is 7.55. The van der Waals surface area contributed by atoms with Gasteiger partial charge in [-0.25, -0.2) is 13.6 Å². The van der Waals surface area contributed by atoms with Crippen LogP contribution in [0.1, 0.15) is 24.1 Å². The fourth-order valence-corrected chi connectivity index (χ4v) is 4.29. The monoisotopic (exact) mass is 353 g/mol. The molecule has 1 aromatic rings. The van der Waals surface area contributed by atoms with Crippen molar-refractivity contribution in [3.63, 3.8) is 0 Å². The predicted octanol–water partition coefficient (Wildman–Crippen LogP) is 0.809. The van der Waals surface area contributed by atoms with E-state index < -0.39 is 10.0 Å². The zero-order chi connectivity index (χ0) is 14.8. The van der Waals surface area contributed by atoms with Crippen LogP contribution in [0.15, 0.2) is 16.3 Å². The Balaban J connectivity index is 0.00000220. The molecule has 2 rings (SSSR count). The number of rotatable bonds is 5. The molecule has 0 aromatic carbocycles. The molecular formula is C12H20ClN3O3S2. The van der Waals surface area contributed by atoms with Crippen LogP contribution >= 0.6 is 23.7 Å². The Hall–Kier alpha value is -0.670. The zero-order valence-electron chi connectivity index (χ0n) is 11.4. The van der Waals surface area contributed by atoms with E-state index in [1.807, 2.05) is 0 Å². The van der Waals surface area contributed by atoms with E-state index in [9.17, 15) is 13.2 Å². The maximum Gasteiger partial charge on any atom is 0.247 e. The molecule has 1 aromatic heterocycles. The summed E-state index contributed by atoms with van der Waals surface area (Å²) < 4.78 is 22.4. The Kier molecular flexibility index (Phi) is 6.61. The number of carbonyl (C=O) groups is 1. The summed E-state index contributed by atoms with van der Waals surface area (Å²) in [6.07, 6.45) is 2.91. The number of sulfonamides is 1. The molecule has 0 spiro atoms. The predicted molar refractivity (Wildman–Crippen MR) is 84.7 cm³/mol. The molecule has 6 nitrogen and oxygen atoms in total. The van der Waals surface area contributed by atoms with Crippen LogP contribution in [-0.2, 0) is 21.4 Å². The van der Waals surface area contributed by atoms with Crippen molar-refractivity contribution in [1.29, 1.82) is 0 Å². The third-order valence-corrected chi connectivity index (χ3v) is 6.18. The number of amides is 1. The van der Waals surface area contributed by atoms with E-state index in [1.54, 1.807) is 6.07 Å². The van der Waals surface area contributed by atoms with Gasteiger partial charge in [0.15, 0.2) is 0 Å². The van der Waals surface area contributed by atoms with Gasteiger partial charge < -0.3 is 11.1 Å². The van der Waals surface area contributed by atoms with Gasteiger partial charge in [0.2, 0.25) is 15.9 Å². The number of halogens is 1. The number of carbonyl (C=O) groups excluding carboxylic acids is 1. The van der Waals surface area contributed by atoms with Crippen LogP contribution in [0.3, 0.4) is 0 Å². The second-order valence-electron chi connectivity index (χ2n) is 5.02. The van der Waals surface area contributed by atoms with Gasteiger partial charge in [-0.1, -0.05) is 6.42 Å². The molecule has 5 N–H and O–H groups in total. The van der Waals surface area contributed by atoms with Crippen molar-refractivity contribution >= 4 is 39.7 Å². The first-order chi connectivity index (χ1) is 9.41. The number of nitrogens with two attached hydrogens (primary N) is 2. The lowest BCUT2D eigenvalue weighted by Crippen LogP contribution is -2.34. The number of hydrogen-bond acceptors (Lipinski definition) is 5. The first-order valence-corrected chi connectivity index (χ1v) is 8.87. The molecule has 1 amide bonds. The largest absolute Gasteiger partial charge is 0.351 e. The fraction of sp³-hybridized carbons (Fsp3) is 0.583. The Morgan fingerprint density at radius 2 is 2.10 bits per heavy atom. The molecule has 1 fully saturated rings. The van der Waals surface area contributed by atoms with Crippen LogP contribution in [0.5, 0.6) is 0 Å². The van der Waals surface area contributed by atoms with Gasteiger partial charge in [-0.2, -0.15) is 0 Å². The first-order valence-electron chi connectivity index (χ1n) is 6.51. The van der Waals surface area contributed by atoms with Crippen LogP contribution in [0, 0.1) is 11.8 Å². The van der Waals surface area contributed by atoms with Crippen LogP contribution in [-0.4, -0.2) is 20.9 Å². The molecule has 120 valence electrons. The molecule has 0 bridgehead atoms. The molecule has 0 radical (unpaired) electrons. The van der Waals surface area contributed by atoms with Crippen molar-refractivity contribution in [2.75, 3.05) is 6.54 Å². The van der Waals surface area contributed by atoms with E-state index in [1.165, 1.54) is 6.07 Å². The van der Waals surface area contributed by atoms with Gasteiger partial charge in [0, 0.05) is 10.8 Å². The van der Waals surface area contributed by atoms with Crippen molar-refractivity contribution in [2.24, 2.45) is 22.7 Å². The highest BCUT2D eigenvalue weighted by Crippen LogP contribution is 2.31. The average Bonchev–Trinajstić information content (AvgIpc) is 3.03. The number of nitrogens with one attached hydrogen (secondary N) is 1. The smallest absolute Gasteiger partial charge is 0.247 e. The zero-order valence-corrected chi connectivity index (χ0v) is 13.9. The van der Waals surface area contributed by atoms with Gasteiger partial charge in [0.1, 0.15) is 4.21 Å². The molecule has 9 heteroatoms. The Labute approximate surface area is 134 Å². The van der Waals surface area contributed by atoms with Crippen LogP contribution in [0.2, 0.25) is 0 Å². The average molecular weight is 354 g/mol. The summed E-state index contributed by atoms with van der Waals surface area (Å²) in [7, 11) is -3.66. The van der Waals surface area contributed by atoms with Gasteiger partial charge >= 0.3 is 0 Å². The van der Waals surface area contributed by atoms with E-state index >= 15 is 0 Å². The minimum absolute atomic E-state index is 0. The van der Waals surface area contributed by atoms with Crippen molar-refractivity contribution in [1.82, 2.24) is 5.32 Å². The molecule has 2 atom stereocenters. The summed E-state index contributed by atoms with van der Waals surface area (Å²) in [5.74, 6) is 0.250. The van der Waals surface area contributed by atoms with E-state index in [2.05, 4.69) is 5.32 Å². The summed E-state index contributed by atoms with van der Waals surface area (Å²) in [5, 5.41) is 7.89. The van der Waals surface area contributed by atoms with Gasteiger partial charge in [-0.05, 0) is 37.4 Å². The lowest BCUT2D eigenvalue weighted by molar-refractivity contribution is -0.126. The summed E-state index contributed by atoms with van der Waals surface area (Å²) in [5.41, 5.74) is 5.66. The molecule has 0 saturated heterocycles. The molecule has 0 unspecified atom stereocenters. The van der Waals surface area contributed by atoms with Crippen LogP contribution in [0.25, 0.3) is 0 Å². The van der Waals surface area contributed by atoms with Crippen LogP contribution in [0.4, 0.5) is 0 Å². The maximum atomic E-state index is 12.1. The summed E-state index contributed by atoms with van der Waals surface area (Å²) >= 11 is 1.08. The van der Waals surface area contributed by atoms with Crippen molar-refractivity contribution in [3.8, 4) is 0 Å². The molecule has 1 aliphatic rings. The lowest BCUT2D eigenvalue weighted by atomic mass is 9.95. The third kappa shape index (κ3) is 4.65. The highest BCUT2D eigenvalue weighted by Gasteiger charge is 2.31. The van der Waals surface area contributed by atoms with Crippen molar-refractivity contribution < 1.29 is 13.2 Å². The van der Waals surface area contributed by atoms with E-state index in [0.717, 1.165) is 35.5 Å². The highest BCUT2D eigenvalue weighted by molar-refractivity contribution is 7.91. The second-order valence-corrected chi connectivity index (χ2v) is 7.97. The summed E-state index contributed by atoms with van der Waals surface area (Å²) in [4.78, 5) is 12.9. The van der Waals surface area contributed by atoms with Gasteiger partial charge in [0.25, 0.3) is 0 Å². The first kappa shape index (κ1) is 18.4. The van der Waals surface area contributed by atoms with E-state index in [-0.39, 0.29) is 34.4 Å². The van der Waals surface area contributed by atoms with Gasteiger partial charge in [-0.15, -0.1) is 23.7 Å². The molecule has 0 aliphatic heterocycles. The minimum Gasteiger partial charge on any atom is -0.351 e. The third-order valence-electron chi connectivity index (χ3n) is 3.65. The highest BCUT2D eigenvalue weighted by atomic mass is 35.5. The number of primary sulfonamides is 1. The van der Waals surface area contributed by atoms with E-state index in [4.69, 9.17) is 10.9 Å². The van der Waals surface area contributed by atoms with Crippen molar-refractivity contribution in [3.05, 3.63) is 17.0 Å². The van der Waals surface area contributed by atoms with Crippen LogP contribution < -0.4 is 16.2 Å². The molecular weight excluding hydrogens is 334 g/mol. The van der Waals surface area contributed by atoms with E-state index in [0.29, 0.717) is 13.1 Å². The maximum absolute atomic E-state index is 12.1. The normalized spacial score (nSPS) is 21.8. The molecule has 1 saturated carbocycles. The van der Waals surface area contributed by atoms with Gasteiger partial charge in [0.05, 0.1) is 6.54 Å². The number of hydrogen-bond donors (Lipinski definition) is 3. The SMILES string of the molecule is Cl.NC[C@H]1CCC[C@H]1C(=O)NCc1ccc(S(N)(=O)=O)s1. The Morgan fingerprint density at radius 3 is 2.67 bits per heavy atom. The Morgan fingerprint density at radius 1 is 1.38 bits per heavy atom. The fourth-order valence-electron chi connectivity index (χ4n) is 2.58. The minimum atomic E-state index is -3.66. The molecule has 1 heterocycles. The quantitative estimate of drug-likeness (QED) is 0.726. The lowest BCUT2D eigenvalue weighted by Gasteiger charge is -2.16. The molecule has 1 aliphatic carbocycles. The molecule has 21 heavy (non-hydrogen) atoms. The van der Waals surface area contributed by atoms with Crippen molar-refractivity contribution in [2.45, 2.75) is 30.0 Å². The number of thiophene rings is 1. The van der Waals surface area contributed by atoms with Gasteiger partial charge in [-0.3, -0.25) is 4.79 Å². The standard InChI is InChI=1S/C12H19N3O3S2.ClH/c13-6-8-2-1-3-10(8)12(16)15-7-9-4-5-11(19-9)20(14,17)18;/h4-5,8,10H,1-3,6-7,13H2,(H,15,16)(H2,14,17,18);1H/t8-,10-;/m1./s1. The Bertz CT molecular complexity index is 588. The summed E-state index contributed by atoms with van der Waals surface area (Å²) in [6, 6.07) is 3.12. The topological polar surface area (TPSA) is 115 Å². The summed E-state index contributed by atoms with van der Waals surface area (Å²) in [6.45, 7) is 0.861.